The van der Waals surface area contributed by atoms with E-state index in [1.165, 1.54) is 69.8 Å². The monoisotopic (exact) mass is 285 g/mol. The number of unbranched alkanes of at least 4 members (excludes halogenated alkanes) is 9. The van der Waals surface area contributed by atoms with E-state index in [1.807, 2.05) is 18.2 Å². The third-order valence-electron chi connectivity index (χ3n) is 4.20. The van der Waals surface area contributed by atoms with Crippen LogP contribution >= 0.6 is 0 Å². The van der Waals surface area contributed by atoms with Crippen molar-refractivity contribution in [2.45, 2.75) is 83.5 Å². The van der Waals surface area contributed by atoms with Crippen LogP contribution in [0.5, 0.6) is 0 Å². The zero-order chi connectivity index (χ0) is 15.2. The molecule has 0 aliphatic rings. The van der Waals surface area contributed by atoms with Gasteiger partial charge in [-0.2, -0.15) is 5.26 Å². The largest absolute Gasteiger partial charge is 0.198 e. The molecule has 0 amide bonds. The van der Waals surface area contributed by atoms with E-state index in [0.29, 0.717) is 0 Å². The van der Waals surface area contributed by atoms with Gasteiger partial charge in [-0.25, -0.2) is 0 Å². The summed E-state index contributed by atoms with van der Waals surface area (Å²) in [7, 11) is 0. The second-order valence-electron chi connectivity index (χ2n) is 6.06. The SMILES string of the molecule is CCCCCCCCCCCCC(C#N)c1ccccc1. The number of nitrogens with zero attached hydrogens (tertiary/aromatic N) is 1. The van der Waals surface area contributed by atoms with Crippen molar-refractivity contribution in [2.75, 3.05) is 0 Å². The van der Waals surface area contributed by atoms with Gasteiger partial charge in [0.1, 0.15) is 0 Å². The Hall–Kier alpha value is -1.29. The van der Waals surface area contributed by atoms with Crippen molar-refractivity contribution in [3.05, 3.63) is 35.9 Å². The Morgan fingerprint density at radius 2 is 1.33 bits per heavy atom. The van der Waals surface area contributed by atoms with Gasteiger partial charge in [0, 0.05) is 0 Å². The Morgan fingerprint density at radius 3 is 1.86 bits per heavy atom. The van der Waals surface area contributed by atoms with Crippen molar-refractivity contribution in [2.24, 2.45) is 0 Å². The smallest absolute Gasteiger partial charge is 0.0712 e. The fourth-order valence-electron chi connectivity index (χ4n) is 2.83. The predicted octanol–water partition coefficient (Wildman–Crippen LogP) is 6.60. The molecule has 0 saturated heterocycles. The van der Waals surface area contributed by atoms with E-state index in [9.17, 15) is 5.26 Å². The number of rotatable bonds is 12. The highest BCUT2D eigenvalue weighted by atomic mass is 14.3. The molecule has 1 unspecified atom stereocenters. The molecule has 116 valence electrons. The minimum Gasteiger partial charge on any atom is -0.198 e. The van der Waals surface area contributed by atoms with Gasteiger partial charge < -0.3 is 0 Å². The molecule has 1 heteroatoms. The molecule has 0 N–H and O–H groups in total. The lowest BCUT2D eigenvalue weighted by molar-refractivity contribution is 0.544. The zero-order valence-corrected chi connectivity index (χ0v) is 13.7. The van der Waals surface area contributed by atoms with Crippen LogP contribution in [0.25, 0.3) is 0 Å². The highest BCUT2D eigenvalue weighted by Crippen LogP contribution is 2.22. The first-order valence-electron chi connectivity index (χ1n) is 8.83. The summed E-state index contributed by atoms with van der Waals surface area (Å²) in [6.07, 6.45) is 14.5. The van der Waals surface area contributed by atoms with Crippen molar-refractivity contribution in [3.8, 4) is 6.07 Å². The topological polar surface area (TPSA) is 23.8 Å². The van der Waals surface area contributed by atoms with E-state index < -0.39 is 0 Å². The van der Waals surface area contributed by atoms with Crippen LogP contribution in [0, 0.1) is 11.3 Å². The van der Waals surface area contributed by atoms with E-state index in [4.69, 9.17) is 0 Å². The van der Waals surface area contributed by atoms with Crippen LogP contribution in [-0.4, -0.2) is 0 Å². The molecule has 0 bridgehead atoms. The Labute approximate surface area is 131 Å². The molecule has 1 nitrogen and oxygen atoms in total. The van der Waals surface area contributed by atoms with Gasteiger partial charge in [0.05, 0.1) is 12.0 Å². The van der Waals surface area contributed by atoms with Gasteiger partial charge in [-0.1, -0.05) is 101 Å². The van der Waals surface area contributed by atoms with Gasteiger partial charge in [-0.3, -0.25) is 0 Å². The average Bonchev–Trinajstić information content (AvgIpc) is 2.54. The number of hydrogen-bond acceptors (Lipinski definition) is 1. The van der Waals surface area contributed by atoms with Gasteiger partial charge in [0.15, 0.2) is 0 Å². The molecule has 0 spiro atoms. The maximum Gasteiger partial charge on any atom is 0.0712 e. The molecule has 0 heterocycles. The summed E-state index contributed by atoms with van der Waals surface area (Å²) in [5.74, 6) is 0.0836. The van der Waals surface area contributed by atoms with Crippen molar-refractivity contribution >= 4 is 0 Å². The third-order valence-corrected chi connectivity index (χ3v) is 4.20. The number of hydrogen-bond donors (Lipinski definition) is 0. The van der Waals surface area contributed by atoms with Gasteiger partial charge in [-0.15, -0.1) is 0 Å². The Kier molecular flexibility index (Phi) is 10.5. The molecular weight excluding hydrogens is 254 g/mol. The van der Waals surface area contributed by atoms with Gasteiger partial charge in [-0.05, 0) is 12.0 Å². The van der Waals surface area contributed by atoms with Crippen molar-refractivity contribution in [3.63, 3.8) is 0 Å². The molecule has 0 fully saturated rings. The Morgan fingerprint density at radius 1 is 0.810 bits per heavy atom. The van der Waals surface area contributed by atoms with E-state index in [1.54, 1.807) is 0 Å². The molecule has 0 aliphatic heterocycles. The summed E-state index contributed by atoms with van der Waals surface area (Å²) in [4.78, 5) is 0. The minimum absolute atomic E-state index is 0.0836. The predicted molar refractivity (Wildman–Crippen MR) is 91.3 cm³/mol. The Bertz CT molecular complexity index is 377. The fraction of sp³-hybridized carbons (Fsp3) is 0.650. The van der Waals surface area contributed by atoms with E-state index >= 15 is 0 Å². The molecule has 1 rings (SSSR count). The van der Waals surface area contributed by atoms with Crippen LogP contribution in [0.2, 0.25) is 0 Å². The summed E-state index contributed by atoms with van der Waals surface area (Å²) < 4.78 is 0. The van der Waals surface area contributed by atoms with E-state index in [2.05, 4.69) is 25.1 Å². The van der Waals surface area contributed by atoms with Crippen LogP contribution in [0.15, 0.2) is 30.3 Å². The summed E-state index contributed by atoms with van der Waals surface area (Å²) >= 11 is 0. The molecule has 1 aromatic carbocycles. The Balaban J connectivity index is 2.00. The van der Waals surface area contributed by atoms with Crippen LogP contribution < -0.4 is 0 Å². The van der Waals surface area contributed by atoms with Crippen molar-refractivity contribution < 1.29 is 0 Å². The second-order valence-corrected chi connectivity index (χ2v) is 6.06. The van der Waals surface area contributed by atoms with Gasteiger partial charge in [0.2, 0.25) is 0 Å². The standard InChI is InChI=1S/C20H31N/c1-2-3-4-5-6-7-8-9-10-12-17-20(18-21)19-15-13-11-14-16-19/h11,13-16,20H,2-10,12,17H2,1H3. The lowest BCUT2D eigenvalue weighted by atomic mass is 9.94. The first kappa shape index (κ1) is 17.8. The molecule has 1 aromatic rings. The van der Waals surface area contributed by atoms with E-state index in [0.717, 1.165) is 6.42 Å². The number of nitriles is 1. The summed E-state index contributed by atoms with van der Waals surface area (Å²) in [6, 6.07) is 12.7. The number of benzene rings is 1. The van der Waals surface area contributed by atoms with Crippen molar-refractivity contribution in [1.29, 1.82) is 5.26 Å². The molecule has 1 atom stereocenters. The summed E-state index contributed by atoms with van der Waals surface area (Å²) in [6.45, 7) is 2.27. The quantitative estimate of drug-likeness (QED) is 0.397. The van der Waals surface area contributed by atoms with Gasteiger partial charge in [0.25, 0.3) is 0 Å². The third kappa shape index (κ3) is 8.56. The highest BCUT2D eigenvalue weighted by Gasteiger charge is 2.08. The van der Waals surface area contributed by atoms with E-state index in [-0.39, 0.29) is 5.92 Å². The maximum atomic E-state index is 9.27. The first-order valence-corrected chi connectivity index (χ1v) is 8.83. The second kappa shape index (κ2) is 12.5. The summed E-state index contributed by atoms with van der Waals surface area (Å²) in [5.41, 5.74) is 1.18. The highest BCUT2D eigenvalue weighted by molar-refractivity contribution is 5.24. The fourth-order valence-corrected chi connectivity index (χ4v) is 2.83. The molecule has 0 aromatic heterocycles. The molecule has 0 saturated carbocycles. The van der Waals surface area contributed by atoms with Crippen LogP contribution in [0.4, 0.5) is 0 Å². The van der Waals surface area contributed by atoms with Gasteiger partial charge >= 0.3 is 0 Å². The lowest BCUT2D eigenvalue weighted by Crippen LogP contribution is -1.95. The molecule has 21 heavy (non-hydrogen) atoms. The normalized spacial score (nSPS) is 12.0. The summed E-state index contributed by atoms with van der Waals surface area (Å²) in [5, 5.41) is 9.27. The molecule has 0 radical (unpaired) electrons. The zero-order valence-electron chi connectivity index (χ0n) is 13.7. The van der Waals surface area contributed by atoms with Crippen LogP contribution in [0.1, 0.15) is 89.0 Å². The van der Waals surface area contributed by atoms with Crippen LogP contribution in [-0.2, 0) is 0 Å². The first-order chi connectivity index (χ1) is 10.4. The molecular formula is C20H31N. The minimum atomic E-state index is 0.0836. The lowest BCUT2D eigenvalue weighted by Gasteiger charge is -2.09. The molecule has 0 aliphatic carbocycles. The average molecular weight is 285 g/mol. The van der Waals surface area contributed by atoms with Crippen molar-refractivity contribution in [1.82, 2.24) is 0 Å². The van der Waals surface area contributed by atoms with Crippen LogP contribution in [0.3, 0.4) is 0 Å². The maximum absolute atomic E-state index is 9.27.